The Morgan fingerprint density at radius 3 is 2.87 bits per heavy atom. The fourth-order valence-corrected chi connectivity index (χ4v) is 3.89. The van der Waals surface area contributed by atoms with E-state index in [0.717, 1.165) is 40.2 Å². The first-order valence-corrected chi connectivity index (χ1v) is 9.06. The van der Waals surface area contributed by atoms with Crippen molar-refractivity contribution >= 4 is 40.0 Å². The fraction of sp³-hybridized carbons (Fsp3) is 0.278. The number of fused-ring (bicyclic) bond motifs is 1. The first kappa shape index (κ1) is 16.4. The molecule has 2 aromatic rings. The summed E-state index contributed by atoms with van der Waals surface area (Å²) in [4.78, 5) is 13.1. The van der Waals surface area contributed by atoms with E-state index >= 15 is 0 Å². The van der Waals surface area contributed by atoms with Crippen LogP contribution < -0.4 is 10.6 Å². The van der Waals surface area contributed by atoms with Gasteiger partial charge >= 0.3 is 0 Å². The number of benzene rings is 2. The van der Waals surface area contributed by atoms with Gasteiger partial charge in [0.2, 0.25) is 5.91 Å². The quantitative estimate of drug-likeness (QED) is 0.641. The lowest BCUT2D eigenvalue weighted by atomic mass is 10.1. The average molecular weight is 347 g/mol. The lowest BCUT2D eigenvalue weighted by Gasteiger charge is -2.14. The van der Waals surface area contributed by atoms with Gasteiger partial charge in [-0.05, 0) is 30.5 Å². The molecule has 0 spiro atoms. The van der Waals surface area contributed by atoms with E-state index in [2.05, 4.69) is 16.7 Å². The van der Waals surface area contributed by atoms with Gasteiger partial charge < -0.3 is 10.6 Å². The number of carbonyl (C=O) groups excluding carboxylic acids is 1. The standard InChI is InChI=1S/C18H19ClN2OS/c19-15-5-1-3-14-4-2-6-16(18(14)15)23-12-17(22)21-11-13-7-9-20-10-8-13/h1-7,20H,8-12H2,(H,21,22). The Morgan fingerprint density at radius 1 is 1.26 bits per heavy atom. The van der Waals surface area contributed by atoms with Gasteiger partial charge in [0.25, 0.3) is 0 Å². The molecule has 0 atom stereocenters. The smallest absolute Gasteiger partial charge is 0.230 e. The summed E-state index contributed by atoms with van der Waals surface area (Å²) in [5, 5.41) is 9.11. The second-order valence-corrected chi connectivity index (χ2v) is 6.90. The number of amides is 1. The average Bonchev–Trinajstić information content (AvgIpc) is 2.59. The third-order valence-corrected chi connectivity index (χ3v) is 5.22. The van der Waals surface area contributed by atoms with Crippen LogP contribution in [-0.2, 0) is 4.79 Å². The molecule has 0 fully saturated rings. The van der Waals surface area contributed by atoms with Crippen molar-refractivity contribution in [3.8, 4) is 0 Å². The SMILES string of the molecule is O=C(CSc1cccc2cccc(Cl)c12)NCC1=CCNCC1. The Balaban J connectivity index is 1.60. The highest BCUT2D eigenvalue weighted by molar-refractivity contribution is 8.00. The molecule has 5 heteroatoms. The zero-order valence-corrected chi connectivity index (χ0v) is 14.3. The summed E-state index contributed by atoms with van der Waals surface area (Å²) in [6.07, 6.45) is 3.16. The molecule has 0 bridgehead atoms. The normalized spacial score (nSPS) is 14.6. The van der Waals surface area contributed by atoms with Crippen LogP contribution in [0.3, 0.4) is 0 Å². The van der Waals surface area contributed by atoms with Crippen molar-refractivity contribution < 1.29 is 4.79 Å². The van der Waals surface area contributed by atoms with Crippen LogP contribution >= 0.6 is 23.4 Å². The molecule has 0 saturated carbocycles. The highest BCUT2D eigenvalue weighted by atomic mass is 35.5. The van der Waals surface area contributed by atoms with Gasteiger partial charge in [-0.2, -0.15) is 0 Å². The largest absolute Gasteiger partial charge is 0.352 e. The number of nitrogens with one attached hydrogen (secondary N) is 2. The highest BCUT2D eigenvalue weighted by Gasteiger charge is 2.09. The number of halogens is 1. The minimum absolute atomic E-state index is 0.0542. The molecule has 3 rings (SSSR count). The van der Waals surface area contributed by atoms with E-state index in [-0.39, 0.29) is 5.91 Å². The molecule has 2 aromatic carbocycles. The van der Waals surface area contributed by atoms with Crippen molar-refractivity contribution in [3.05, 3.63) is 53.1 Å². The van der Waals surface area contributed by atoms with Crippen molar-refractivity contribution in [2.75, 3.05) is 25.4 Å². The molecule has 0 aliphatic carbocycles. The first-order chi connectivity index (χ1) is 11.2. The van der Waals surface area contributed by atoms with E-state index in [4.69, 9.17) is 11.6 Å². The van der Waals surface area contributed by atoms with Crippen LogP contribution in [0.15, 0.2) is 52.9 Å². The van der Waals surface area contributed by atoms with Crippen molar-refractivity contribution in [1.29, 1.82) is 0 Å². The van der Waals surface area contributed by atoms with Gasteiger partial charge in [-0.15, -0.1) is 11.8 Å². The summed E-state index contributed by atoms with van der Waals surface area (Å²) < 4.78 is 0. The van der Waals surface area contributed by atoms with Gasteiger partial charge in [0, 0.05) is 28.4 Å². The summed E-state index contributed by atoms with van der Waals surface area (Å²) in [7, 11) is 0. The fourth-order valence-electron chi connectivity index (χ4n) is 2.62. The van der Waals surface area contributed by atoms with Crippen molar-refractivity contribution in [2.24, 2.45) is 0 Å². The molecular formula is C18H19ClN2OS. The maximum atomic E-state index is 12.1. The van der Waals surface area contributed by atoms with Crippen molar-refractivity contribution in [1.82, 2.24) is 10.6 Å². The van der Waals surface area contributed by atoms with Crippen LogP contribution in [0.1, 0.15) is 6.42 Å². The number of thioether (sulfide) groups is 1. The molecular weight excluding hydrogens is 328 g/mol. The van der Waals surface area contributed by atoms with E-state index in [1.807, 2.05) is 36.4 Å². The Morgan fingerprint density at radius 2 is 2.09 bits per heavy atom. The highest BCUT2D eigenvalue weighted by Crippen LogP contribution is 2.33. The van der Waals surface area contributed by atoms with Gasteiger partial charge in [-0.3, -0.25) is 4.79 Å². The summed E-state index contributed by atoms with van der Waals surface area (Å²) in [6.45, 7) is 2.54. The topological polar surface area (TPSA) is 41.1 Å². The second kappa shape index (κ2) is 7.86. The zero-order chi connectivity index (χ0) is 16.1. The van der Waals surface area contributed by atoms with E-state index in [0.29, 0.717) is 12.3 Å². The molecule has 0 aromatic heterocycles. The van der Waals surface area contributed by atoms with Gasteiger partial charge in [0.1, 0.15) is 0 Å². The van der Waals surface area contributed by atoms with Crippen LogP contribution in [0.4, 0.5) is 0 Å². The number of rotatable bonds is 5. The molecule has 120 valence electrons. The minimum Gasteiger partial charge on any atom is -0.352 e. The van der Waals surface area contributed by atoms with E-state index in [9.17, 15) is 4.79 Å². The number of hydrogen-bond acceptors (Lipinski definition) is 3. The molecule has 0 saturated heterocycles. The Labute approximate surface area is 145 Å². The van der Waals surface area contributed by atoms with Crippen LogP contribution in [0.25, 0.3) is 10.8 Å². The summed E-state index contributed by atoms with van der Waals surface area (Å²) >= 11 is 7.84. The van der Waals surface area contributed by atoms with Gasteiger partial charge in [-0.25, -0.2) is 0 Å². The third-order valence-electron chi connectivity index (χ3n) is 3.84. The molecule has 3 nitrogen and oxygen atoms in total. The van der Waals surface area contributed by atoms with Crippen LogP contribution in [0, 0.1) is 0 Å². The predicted octanol–water partition coefficient (Wildman–Crippen LogP) is 3.62. The molecule has 1 aliphatic rings. The van der Waals surface area contributed by atoms with Crippen molar-refractivity contribution in [2.45, 2.75) is 11.3 Å². The molecule has 0 radical (unpaired) electrons. The van der Waals surface area contributed by atoms with Gasteiger partial charge in [0.05, 0.1) is 5.75 Å². The lowest BCUT2D eigenvalue weighted by molar-refractivity contribution is -0.118. The summed E-state index contributed by atoms with van der Waals surface area (Å²) in [5.74, 6) is 0.453. The third kappa shape index (κ3) is 4.28. The zero-order valence-electron chi connectivity index (χ0n) is 12.8. The molecule has 1 heterocycles. The minimum atomic E-state index is 0.0542. The second-order valence-electron chi connectivity index (χ2n) is 5.48. The Bertz CT molecular complexity index is 740. The monoisotopic (exact) mass is 346 g/mol. The number of hydrogen-bond donors (Lipinski definition) is 2. The van der Waals surface area contributed by atoms with Crippen LogP contribution in [0.5, 0.6) is 0 Å². The molecule has 2 N–H and O–H groups in total. The molecule has 0 unspecified atom stereocenters. The van der Waals surface area contributed by atoms with E-state index in [1.165, 1.54) is 17.3 Å². The predicted molar refractivity (Wildman–Crippen MR) is 98.3 cm³/mol. The number of carbonyl (C=O) groups is 1. The van der Waals surface area contributed by atoms with E-state index in [1.54, 1.807) is 0 Å². The summed E-state index contributed by atoms with van der Waals surface area (Å²) in [6, 6.07) is 11.9. The Hall–Kier alpha value is -1.49. The van der Waals surface area contributed by atoms with Crippen LogP contribution in [-0.4, -0.2) is 31.3 Å². The molecule has 23 heavy (non-hydrogen) atoms. The lowest BCUT2D eigenvalue weighted by Crippen LogP contribution is -2.30. The van der Waals surface area contributed by atoms with E-state index < -0.39 is 0 Å². The summed E-state index contributed by atoms with van der Waals surface area (Å²) in [5.41, 5.74) is 1.30. The maximum absolute atomic E-state index is 12.1. The van der Waals surface area contributed by atoms with Gasteiger partial charge in [0.15, 0.2) is 0 Å². The van der Waals surface area contributed by atoms with Crippen LogP contribution in [0.2, 0.25) is 5.02 Å². The van der Waals surface area contributed by atoms with Crippen molar-refractivity contribution in [3.63, 3.8) is 0 Å². The van der Waals surface area contributed by atoms with Gasteiger partial charge in [-0.1, -0.05) is 47.5 Å². The Kier molecular flexibility index (Phi) is 5.60. The molecule has 1 amide bonds. The first-order valence-electron chi connectivity index (χ1n) is 7.69. The maximum Gasteiger partial charge on any atom is 0.230 e. The molecule has 1 aliphatic heterocycles.